The molecule has 294 valence electrons. The molecule has 4 aromatic carbocycles. The highest BCUT2D eigenvalue weighted by atomic mass is 16.6. The maximum Gasteiger partial charge on any atom is 0.321 e. The minimum absolute atomic E-state index is 0.000891. The predicted molar refractivity (Wildman–Crippen MR) is 215 cm³/mol. The van der Waals surface area contributed by atoms with E-state index in [-0.39, 0.29) is 25.9 Å². The van der Waals surface area contributed by atoms with Crippen molar-refractivity contribution in [1.29, 1.82) is 0 Å². The number of carboxylic acid groups (broad SMARTS) is 1. The van der Waals surface area contributed by atoms with Crippen molar-refractivity contribution in [3.63, 3.8) is 0 Å². The highest BCUT2D eigenvalue weighted by Crippen LogP contribution is 2.76. The fourth-order valence-corrected chi connectivity index (χ4v) is 10.9. The molecule has 8 atom stereocenters. The molecule has 0 heterocycles. The first-order valence-corrected chi connectivity index (χ1v) is 19.9. The predicted octanol–water partition coefficient (Wildman–Crippen LogP) is 7.47. The van der Waals surface area contributed by atoms with E-state index in [9.17, 15) is 29.7 Å². The van der Waals surface area contributed by atoms with Crippen LogP contribution in [0.1, 0.15) is 62.8 Å². The molecule has 4 aliphatic rings. The minimum atomic E-state index is -1.94. The Morgan fingerprint density at radius 1 is 0.807 bits per heavy atom. The first-order valence-electron chi connectivity index (χ1n) is 19.9. The van der Waals surface area contributed by atoms with Gasteiger partial charge < -0.3 is 24.8 Å². The second-order valence-electron chi connectivity index (χ2n) is 17.3. The summed E-state index contributed by atoms with van der Waals surface area (Å²) in [5, 5.41) is 36.0. The smallest absolute Gasteiger partial charge is 0.321 e. The number of ether oxygens (including phenoxy) is 2. The molecule has 0 spiro atoms. The number of carboxylic acids is 1. The third-order valence-corrected chi connectivity index (χ3v) is 13.8. The van der Waals surface area contributed by atoms with Gasteiger partial charge in [0.2, 0.25) is 0 Å². The maximum atomic E-state index is 14.0. The van der Waals surface area contributed by atoms with Crippen LogP contribution in [0, 0.1) is 35.0 Å². The summed E-state index contributed by atoms with van der Waals surface area (Å²) in [4.78, 5) is 40.6. The number of carbonyl (C=O) groups excluding carboxylic acids is 2. The monoisotopic (exact) mass is 766 g/mol. The van der Waals surface area contributed by atoms with Gasteiger partial charge >= 0.3 is 11.9 Å². The number of ketones is 1. The molecule has 0 radical (unpaired) electrons. The van der Waals surface area contributed by atoms with Crippen molar-refractivity contribution >= 4 is 17.7 Å². The van der Waals surface area contributed by atoms with Crippen molar-refractivity contribution in [1.82, 2.24) is 0 Å². The molecule has 8 rings (SSSR count). The van der Waals surface area contributed by atoms with Crippen LogP contribution in [-0.4, -0.2) is 56.5 Å². The summed E-state index contributed by atoms with van der Waals surface area (Å²) in [5.41, 5.74) is -2.01. The largest absolute Gasteiger partial charge is 0.481 e. The molecule has 0 bridgehead atoms. The average Bonchev–Trinajstić information content (AvgIpc) is 3.62. The Hall–Kier alpha value is -5.15. The van der Waals surface area contributed by atoms with Crippen LogP contribution in [-0.2, 0) is 35.9 Å². The number of fused-ring (bicyclic) bond motifs is 5. The van der Waals surface area contributed by atoms with Gasteiger partial charge in [-0.15, -0.1) is 0 Å². The van der Waals surface area contributed by atoms with Gasteiger partial charge in [0, 0.05) is 29.6 Å². The maximum absolute atomic E-state index is 14.0. The molecule has 1 unspecified atom stereocenters. The summed E-state index contributed by atoms with van der Waals surface area (Å²) < 4.78 is 13.7. The van der Waals surface area contributed by atoms with Crippen molar-refractivity contribution in [3.05, 3.63) is 167 Å². The molecule has 0 amide bonds. The normalized spacial score (nSPS) is 30.4. The highest BCUT2D eigenvalue weighted by Gasteiger charge is 2.83. The van der Waals surface area contributed by atoms with E-state index in [1.165, 1.54) is 0 Å². The molecule has 2 fully saturated rings. The van der Waals surface area contributed by atoms with E-state index in [1.54, 1.807) is 37.3 Å². The summed E-state index contributed by atoms with van der Waals surface area (Å²) in [6.45, 7) is 7.53. The Balaban J connectivity index is 1.22. The Labute approximate surface area is 333 Å². The third kappa shape index (κ3) is 5.95. The van der Waals surface area contributed by atoms with Crippen LogP contribution in [0.25, 0.3) is 0 Å². The van der Waals surface area contributed by atoms with Crippen LogP contribution in [0.4, 0.5) is 0 Å². The second kappa shape index (κ2) is 14.0. The van der Waals surface area contributed by atoms with Gasteiger partial charge in [-0.2, -0.15) is 0 Å². The quantitative estimate of drug-likeness (QED) is 0.0621. The fourth-order valence-electron chi connectivity index (χ4n) is 10.9. The van der Waals surface area contributed by atoms with E-state index in [1.807, 2.05) is 124 Å². The lowest BCUT2D eigenvalue weighted by atomic mass is 9.60. The van der Waals surface area contributed by atoms with Crippen LogP contribution < -0.4 is 0 Å². The molecular weight excluding hydrogens is 717 g/mol. The van der Waals surface area contributed by atoms with Crippen LogP contribution in [0.5, 0.6) is 0 Å². The number of rotatable bonds is 11. The van der Waals surface area contributed by atoms with Gasteiger partial charge in [-0.05, 0) is 59.1 Å². The van der Waals surface area contributed by atoms with Gasteiger partial charge in [0.25, 0.3) is 0 Å². The van der Waals surface area contributed by atoms with E-state index in [2.05, 4.69) is 0 Å². The zero-order valence-corrected chi connectivity index (χ0v) is 32.8. The van der Waals surface area contributed by atoms with E-state index >= 15 is 0 Å². The molecule has 8 nitrogen and oxygen atoms in total. The topological polar surface area (TPSA) is 130 Å². The standard InChI is InChI=1S/C49H50O8/c1-31-25-40-46(54,42(31)50)29-34(30-56-49(35-19-11-6-12-20-35,36-21-13-7-14-22-36)37-23-15-8-16-24-37)27-39-41-45(3,4)47(41,28-32(2)48(39,40)55)57-44(53)38(43(51)52)26-33-17-9-5-10-18-33/h5-25,27,32,38-41,54-55H,26,28-30H2,1-4H3,(H,51,52)/t32-,38?,39+,40-,41-,46-,47+,48-/m1/s1. The van der Waals surface area contributed by atoms with Crippen LogP contribution >= 0.6 is 0 Å². The summed E-state index contributed by atoms with van der Waals surface area (Å²) in [6, 6.07) is 38.8. The van der Waals surface area contributed by atoms with Crippen molar-refractivity contribution < 1.29 is 39.2 Å². The Morgan fingerprint density at radius 2 is 1.32 bits per heavy atom. The molecule has 0 saturated heterocycles. The molecule has 57 heavy (non-hydrogen) atoms. The van der Waals surface area contributed by atoms with Gasteiger partial charge in [-0.25, -0.2) is 0 Å². The molecule has 4 aromatic rings. The zero-order valence-electron chi connectivity index (χ0n) is 32.8. The van der Waals surface area contributed by atoms with Gasteiger partial charge in [0.05, 0.1) is 12.2 Å². The summed E-state index contributed by atoms with van der Waals surface area (Å²) in [6.07, 6.45) is 3.83. The van der Waals surface area contributed by atoms with Crippen molar-refractivity contribution in [3.8, 4) is 0 Å². The molecule has 4 aliphatic carbocycles. The Morgan fingerprint density at radius 3 is 1.82 bits per heavy atom. The Kier molecular flexibility index (Phi) is 9.54. The van der Waals surface area contributed by atoms with Crippen LogP contribution in [0.3, 0.4) is 0 Å². The highest BCUT2D eigenvalue weighted by molar-refractivity contribution is 6.05. The lowest BCUT2D eigenvalue weighted by Gasteiger charge is -2.50. The van der Waals surface area contributed by atoms with E-state index < -0.39 is 75.1 Å². The number of benzene rings is 4. The zero-order chi connectivity index (χ0) is 40.4. The SMILES string of the molecule is CC1=C[C@H]2[C@@]3(O)[C@H](C)C[C@]4(OC(=O)C(Cc5ccccc5)C(=O)O)[C@H]([C@@H]3C=C(COC(c3ccccc3)(c3ccccc3)c3ccccc3)C[C@]2(O)C1=O)C4(C)C. The first-order chi connectivity index (χ1) is 27.2. The van der Waals surface area contributed by atoms with Gasteiger partial charge in [0.1, 0.15) is 16.8 Å². The van der Waals surface area contributed by atoms with E-state index in [4.69, 9.17) is 9.47 Å². The molecule has 8 heteroatoms. The molecule has 2 saturated carbocycles. The molecule has 0 aliphatic heterocycles. The number of aliphatic carboxylic acids is 1. The lowest BCUT2D eigenvalue weighted by Crippen LogP contribution is -2.61. The van der Waals surface area contributed by atoms with Crippen molar-refractivity contribution in [2.45, 2.75) is 69.4 Å². The van der Waals surface area contributed by atoms with Crippen LogP contribution in [0.2, 0.25) is 0 Å². The average molecular weight is 767 g/mol. The third-order valence-electron chi connectivity index (χ3n) is 13.8. The van der Waals surface area contributed by atoms with Gasteiger partial charge in [0.15, 0.2) is 11.7 Å². The number of carbonyl (C=O) groups is 3. The number of esters is 1. The second-order valence-corrected chi connectivity index (χ2v) is 17.3. The fraction of sp³-hybridized carbons (Fsp3) is 0.367. The summed E-state index contributed by atoms with van der Waals surface area (Å²) in [5.74, 6) is -6.58. The van der Waals surface area contributed by atoms with E-state index in [0.717, 1.165) is 16.7 Å². The van der Waals surface area contributed by atoms with Crippen LogP contribution in [0.15, 0.2) is 145 Å². The minimum Gasteiger partial charge on any atom is -0.481 e. The van der Waals surface area contributed by atoms with E-state index in [0.29, 0.717) is 16.7 Å². The van der Waals surface area contributed by atoms with Gasteiger partial charge in [-0.3, -0.25) is 14.4 Å². The van der Waals surface area contributed by atoms with Crippen molar-refractivity contribution in [2.24, 2.45) is 35.0 Å². The number of hydrogen-bond donors (Lipinski definition) is 3. The first kappa shape index (κ1) is 38.7. The number of aliphatic hydroxyl groups is 2. The molecular formula is C49H50O8. The lowest BCUT2D eigenvalue weighted by molar-refractivity contribution is -0.190. The van der Waals surface area contributed by atoms with Gasteiger partial charge in [-0.1, -0.05) is 154 Å². The molecule has 3 N–H and O–H groups in total. The summed E-state index contributed by atoms with van der Waals surface area (Å²) >= 11 is 0. The summed E-state index contributed by atoms with van der Waals surface area (Å²) in [7, 11) is 0. The van der Waals surface area contributed by atoms with Crippen molar-refractivity contribution in [2.75, 3.05) is 6.61 Å². The number of hydrogen-bond acceptors (Lipinski definition) is 7. The molecule has 0 aromatic heterocycles. The Bertz CT molecular complexity index is 2140. The number of Topliss-reactive ketones (excluding diaryl/α,β-unsaturated/α-hetero) is 1.